The van der Waals surface area contributed by atoms with Crippen molar-refractivity contribution in [2.24, 2.45) is 5.41 Å². The van der Waals surface area contributed by atoms with Gasteiger partial charge in [0.05, 0.1) is 5.60 Å². The number of H-pyrrole nitrogens is 1. The molecule has 3 fully saturated rings. The first-order valence-corrected chi connectivity index (χ1v) is 13.1. The summed E-state index contributed by atoms with van der Waals surface area (Å²) >= 11 is 0. The van der Waals surface area contributed by atoms with Gasteiger partial charge >= 0.3 is 0 Å². The van der Waals surface area contributed by atoms with E-state index in [1.165, 1.54) is 40.4 Å². The molecule has 5 heteroatoms. The summed E-state index contributed by atoms with van der Waals surface area (Å²) in [7, 11) is 0. The normalized spacial score (nSPS) is 24.1. The Bertz CT molecular complexity index is 1240. The number of rotatable bonds is 5. The molecule has 6 rings (SSSR count). The Morgan fingerprint density at radius 3 is 2.46 bits per heavy atom. The number of aliphatic hydroxyl groups is 1. The molecule has 1 spiro atoms. The average Bonchev–Trinajstić information content (AvgIpc) is 3.50. The lowest BCUT2D eigenvalue weighted by atomic mass is 9.59. The molecule has 1 saturated heterocycles. The molecule has 1 aromatic heterocycles. The van der Waals surface area contributed by atoms with Crippen LogP contribution in [-0.4, -0.2) is 27.5 Å². The van der Waals surface area contributed by atoms with Gasteiger partial charge in [0.1, 0.15) is 0 Å². The van der Waals surface area contributed by atoms with Crippen LogP contribution in [0.2, 0.25) is 0 Å². The number of alkyl halides is 2. The number of nitrogens with one attached hydrogen (secondary N) is 1. The molecule has 0 radical (unpaired) electrons. The second-order valence-corrected chi connectivity index (χ2v) is 12.1. The number of fused-ring (bicyclic) bond motifs is 1. The number of aromatic nitrogens is 1. The number of likely N-dealkylation sites (tertiary alicyclic amines) is 1. The lowest BCUT2D eigenvalue weighted by Gasteiger charge is -2.55. The highest BCUT2D eigenvalue weighted by Gasteiger charge is 2.58. The third kappa shape index (κ3) is 4.21. The van der Waals surface area contributed by atoms with E-state index in [1.54, 1.807) is 13.8 Å². The van der Waals surface area contributed by atoms with Gasteiger partial charge in [-0.15, -0.1) is 0 Å². The summed E-state index contributed by atoms with van der Waals surface area (Å²) in [6.07, 6.45) is 6.18. The number of halogens is 2. The lowest BCUT2D eigenvalue weighted by Crippen LogP contribution is -2.53. The summed E-state index contributed by atoms with van der Waals surface area (Å²) in [6, 6.07) is 12.9. The molecule has 2 saturated carbocycles. The molecule has 1 atom stereocenters. The Kier molecular flexibility index (Phi) is 5.22. The maximum absolute atomic E-state index is 14.0. The van der Waals surface area contributed by atoms with Crippen molar-refractivity contribution >= 4 is 10.9 Å². The quantitative estimate of drug-likeness (QED) is 0.403. The highest BCUT2D eigenvalue weighted by Crippen LogP contribution is 2.60. The number of piperidine rings is 1. The van der Waals surface area contributed by atoms with E-state index in [0.717, 1.165) is 37.1 Å². The Morgan fingerprint density at radius 2 is 1.83 bits per heavy atom. The van der Waals surface area contributed by atoms with Crippen molar-refractivity contribution in [2.45, 2.75) is 89.3 Å². The predicted molar refractivity (Wildman–Crippen MR) is 136 cm³/mol. The van der Waals surface area contributed by atoms with Gasteiger partial charge in [-0.1, -0.05) is 30.3 Å². The summed E-state index contributed by atoms with van der Waals surface area (Å²) < 4.78 is 28.0. The molecule has 3 nitrogen and oxygen atoms in total. The molecule has 2 aliphatic carbocycles. The van der Waals surface area contributed by atoms with Crippen LogP contribution in [0.4, 0.5) is 8.78 Å². The number of benzene rings is 2. The van der Waals surface area contributed by atoms with Crippen molar-refractivity contribution < 1.29 is 13.9 Å². The van der Waals surface area contributed by atoms with Crippen molar-refractivity contribution in [1.82, 2.24) is 9.88 Å². The fraction of sp³-hybridized carbons (Fsp3) is 0.533. The molecule has 2 heterocycles. The van der Waals surface area contributed by atoms with Gasteiger partial charge < -0.3 is 10.1 Å². The molecular formula is C30H36F2N2O. The van der Waals surface area contributed by atoms with Gasteiger partial charge in [-0.05, 0) is 98.2 Å². The van der Waals surface area contributed by atoms with Gasteiger partial charge in [0.25, 0.3) is 0 Å². The minimum atomic E-state index is -2.51. The second kappa shape index (κ2) is 7.88. The zero-order valence-corrected chi connectivity index (χ0v) is 21.0. The summed E-state index contributed by atoms with van der Waals surface area (Å²) in [5.74, 6) is -1.86. The molecule has 35 heavy (non-hydrogen) atoms. The minimum Gasteiger partial charge on any atom is -0.386 e. The SMILES string of the molecule is Cc1cc(C2CC2)c(CN2CCC3(C[C@@H]2c2ccc(C(C)(C)O)cc2)CC(F)(F)C3)c2cc[nH]c12. The van der Waals surface area contributed by atoms with Crippen molar-refractivity contribution in [3.63, 3.8) is 0 Å². The van der Waals surface area contributed by atoms with Crippen LogP contribution < -0.4 is 0 Å². The zero-order valence-electron chi connectivity index (χ0n) is 21.0. The number of aryl methyl sites for hydroxylation is 1. The Labute approximate surface area is 206 Å². The van der Waals surface area contributed by atoms with Crippen molar-refractivity contribution in [3.05, 3.63) is 70.4 Å². The van der Waals surface area contributed by atoms with Gasteiger partial charge in [0.15, 0.2) is 0 Å². The summed E-state index contributed by atoms with van der Waals surface area (Å²) in [6.45, 7) is 7.43. The molecule has 2 aromatic carbocycles. The van der Waals surface area contributed by atoms with E-state index in [1.807, 2.05) is 18.3 Å². The van der Waals surface area contributed by atoms with Gasteiger partial charge in [-0.2, -0.15) is 0 Å². The number of hydrogen-bond donors (Lipinski definition) is 2. The van der Waals surface area contributed by atoms with Gasteiger partial charge in [-0.25, -0.2) is 8.78 Å². The number of aromatic amines is 1. The summed E-state index contributed by atoms with van der Waals surface area (Å²) in [4.78, 5) is 5.96. The van der Waals surface area contributed by atoms with E-state index in [9.17, 15) is 13.9 Å². The van der Waals surface area contributed by atoms with Crippen LogP contribution in [0.25, 0.3) is 10.9 Å². The summed E-state index contributed by atoms with van der Waals surface area (Å²) in [5.41, 5.74) is 6.27. The minimum absolute atomic E-state index is 0.0198. The van der Waals surface area contributed by atoms with Crippen LogP contribution in [0.15, 0.2) is 42.6 Å². The smallest absolute Gasteiger partial charge is 0.249 e. The Hall–Kier alpha value is -2.24. The van der Waals surface area contributed by atoms with E-state index in [-0.39, 0.29) is 24.3 Å². The van der Waals surface area contributed by atoms with Gasteiger partial charge in [-0.3, -0.25) is 4.90 Å². The predicted octanol–water partition coefficient (Wildman–Crippen LogP) is 7.33. The Morgan fingerprint density at radius 1 is 1.11 bits per heavy atom. The lowest BCUT2D eigenvalue weighted by molar-refractivity contribution is -0.186. The van der Waals surface area contributed by atoms with Crippen LogP contribution in [0.3, 0.4) is 0 Å². The van der Waals surface area contributed by atoms with Crippen molar-refractivity contribution in [3.8, 4) is 0 Å². The molecule has 0 amide bonds. The van der Waals surface area contributed by atoms with Crippen LogP contribution >= 0.6 is 0 Å². The first-order chi connectivity index (χ1) is 16.5. The fourth-order valence-corrected chi connectivity index (χ4v) is 6.81. The van der Waals surface area contributed by atoms with Gasteiger partial charge in [0, 0.05) is 42.5 Å². The van der Waals surface area contributed by atoms with E-state index < -0.39 is 11.5 Å². The highest BCUT2D eigenvalue weighted by molar-refractivity contribution is 5.87. The summed E-state index contributed by atoms with van der Waals surface area (Å²) in [5, 5.41) is 11.7. The molecule has 2 N–H and O–H groups in total. The van der Waals surface area contributed by atoms with E-state index in [2.05, 4.69) is 41.1 Å². The molecule has 1 aliphatic heterocycles. The van der Waals surface area contributed by atoms with Crippen molar-refractivity contribution in [2.75, 3.05) is 6.54 Å². The van der Waals surface area contributed by atoms with E-state index in [0.29, 0.717) is 5.92 Å². The van der Waals surface area contributed by atoms with Crippen molar-refractivity contribution in [1.29, 1.82) is 0 Å². The average molecular weight is 479 g/mol. The zero-order chi connectivity index (χ0) is 24.6. The van der Waals surface area contributed by atoms with Crippen LogP contribution in [0.1, 0.15) is 92.1 Å². The number of hydrogen-bond acceptors (Lipinski definition) is 2. The topological polar surface area (TPSA) is 39.3 Å². The molecule has 0 bridgehead atoms. The third-order valence-electron chi connectivity index (χ3n) is 8.83. The second-order valence-electron chi connectivity index (χ2n) is 12.1. The largest absolute Gasteiger partial charge is 0.386 e. The van der Waals surface area contributed by atoms with E-state index in [4.69, 9.17) is 0 Å². The van der Waals surface area contributed by atoms with E-state index >= 15 is 0 Å². The maximum Gasteiger partial charge on any atom is 0.249 e. The first kappa shape index (κ1) is 23.2. The molecule has 3 aromatic rings. The fourth-order valence-electron chi connectivity index (χ4n) is 6.81. The third-order valence-corrected chi connectivity index (χ3v) is 8.83. The van der Waals surface area contributed by atoms with Crippen LogP contribution in [0.5, 0.6) is 0 Å². The van der Waals surface area contributed by atoms with Crippen LogP contribution in [0, 0.1) is 12.3 Å². The monoisotopic (exact) mass is 478 g/mol. The van der Waals surface area contributed by atoms with Crippen LogP contribution in [-0.2, 0) is 12.1 Å². The molecular weight excluding hydrogens is 442 g/mol. The number of nitrogens with zero attached hydrogens (tertiary/aromatic N) is 1. The standard InChI is InChI=1S/C30H36F2N2O/c1-19-14-24(20-4-5-20)25(23-10-12-33-27(19)23)16-34-13-11-29(17-30(31,32)18-29)15-26(34)21-6-8-22(9-7-21)28(2,3)35/h6-10,12,14,20,26,33,35H,4-5,11,13,15-18H2,1-3H3/t26-/m1/s1. The highest BCUT2D eigenvalue weighted by atomic mass is 19.3. The first-order valence-electron chi connectivity index (χ1n) is 13.1. The molecule has 186 valence electrons. The van der Waals surface area contributed by atoms with Gasteiger partial charge in [0.2, 0.25) is 5.92 Å². The molecule has 0 unspecified atom stereocenters. The molecule has 3 aliphatic rings. The Balaban J connectivity index is 1.36. The maximum atomic E-state index is 14.0.